The van der Waals surface area contributed by atoms with E-state index in [4.69, 9.17) is 0 Å². The Kier molecular flexibility index (Phi) is 3.95. The Balaban J connectivity index is 1.55. The van der Waals surface area contributed by atoms with E-state index in [-0.39, 0.29) is 10.6 Å². The first-order valence-corrected chi connectivity index (χ1v) is 7.13. The minimum absolute atomic E-state index is 0.234. The summed E-state index contributed by atoms with van der Waals surface area (Å²) in [6.07, 6.45) is 0. The highest BCUT2D eigenvalue weighted by molar-refractivity contribution is 5.39. The maximum Gasteiger partial charge on any atom is 0.273 e. The van der Waals surface area contributed by atoms with Crippen LogP contribution in [0.4, 0.5) is 5.69 Å². The lowest BCUT2D eigenvalue weighted by atomic mass is 10.0. The van der Waals surface area contributed by atoms with Crippen LogP contribution in [0.25, 0.3) is 0 Å². The van der Waals surface area contributed by atoms with Gasteiger partial charge in [0.25, 0.3) is 5.69 Å². The van der Waals surface area contributed by atoms with Gasteiger partial charge in [0.2, 0.25) is 0 Å². The van der Waals surface area contributed by atoms with Crippen molar-refractivity contribution in [3.8, 4) is 0 Å². The van der Waals surface area contributed by atoms with Crippen molar-refractivity contribution in [1.82, 2.24) is 15.1 Å². The zero-order valence-electron chi connectivity index (χ0n) is 11.5. The van der Waals surface area contributed by atoms with Crippen molar-refractivity contribution in [3.05, 3.63) is 39.9 Å². The van der Waals surface area contributed by atoms with Crippen LogP contribution in [-0.4, -0.2) is 60.0 Å². The zero-order chi connectivity index (χ0) is 13.9. The molecule has 0 radical (unpaired) electrons. The third-order valence-electron chi connectivity index (χ3n) is 4.19. The van der Waals surface area contributed by atoms with Crippen LogP contribution in [0, 0.1) is 10.1 Å². The van der Waals surface area contributed by atoms with E-state index in [1.54, 1.807) is 12.1 Å². The molecule has 1 aromatic carbocycles. The number of nitro groups is 1. The van der Waals surface area contributed by atoms with Gasteiger partial charge in [0.05, 0.1) is 4.92 Å². The fourth-order valence-electron chi connectivity index (χ4n) is 3.01. The Morgan fingerprint density at radius 3 is 2.65 bits per heavy atom. The second-order valence-corrected chi connectivity index (χ2v) is 5.52. The van der Waals surface area contributed by atoms with Crippen LogP contribution in [0.2, 0.25) is 0 Å². The molecule has 2 saturated heterocycles. The molecule has 0 amide bonds. The number of nitrogens with zero attached hydrogens (tertiary/aromatic N) is 3. The average molecular weight is 276 g/mol. The molecule has 3 rings (SSSR count). The normalized spacial score (nSPS) is 21.6. The molecule has 2 fully saturated rings. The van der Waals surface area contributed by atoms with E-state index < -0.39 is 0 Å². The van der Waals surface area contributed by atoms with Gasteiger partial charge in [-0.3, -0.25) is 19.9 Å². The molecule has 0 bridgehead atoms. The van der Waals surface area contributed by atoms with Gasteiger partial charge in [-0.15, -0.1) is 0 Å². The van der Waals surface area contributed by atoms with E-state index in [1.807, 2.05) is 12.1 Å². The third kappa shape index (κ3) is 2.82. The Morgan fingerprint density at radius 1 is 1.25 bits per heavy atom. The van der Waals surface area contributed by atoms with Crippen LogP contribution in [0.1, 0.15) is 5.56 Å². The molecule has 1 aromatic rings. The number of hydrogen-bond donors (Lipinski definition) is 1. The first-order valence-electron chi connectivity index (χ1n) is 7.13. The van der Waals surface area contributed by atoms with Crippen molar-refractivity contribution in [3.63, 3.8) is 0 Å². The summed E-state index contributed by atoms with van der Waals surface area (Å²) in [5.41, 5.74) is 1.05. The van der Waals surface area contributed by atoms with Gasteiger partial charge in [-0.05, 0) is 0 Å². The summed E-state index contributed by atoms with van der Waals surface area (Å²) in [6, 6.07) is 7.66. The summed E-state index contributed by atoms with van der Waals surface area (Å²) in [7, 11) is 0. The Morgan fingerprint density at radius 2 is 1.95 bits per heavy atom. The summed E-state index contributed by atoms with van der Waals surface area (Å²) < 4.78 is 0. The quantitative estimate of drug-likeness (QED) is 0.647. The van der Waals surface area contributed by atoms with Gasteiger partial charge in [-0.1, -0.05) is 18.2 Å². The van der Waals surface area contributed by atoms with Gasteiger partial charge in [0.15, 0.2) is 0 Å². The molecule has 2 heterocycles. The molecule has 0 spiro atoms. The lowest BCUT2D eigenvalue weighted by Gasteiger charge is -2.46. The lowest BCUT2D eigenvalue weighted by molar-refractivity contribution is -0.385. The predicted octanol–water partition coefficient (Wildman–Crippen LogP) is 0.684. The molecule has 0 saturated carbocycles. The molecule has 1 N–H and O–H groups in total. The van der Waals surface area contributed by atoms with Crippen LogP contribution >= 0.6 is 0 Å². The largest absolute Gasteiger partial charge is 0.314 e. The molecular formula is C14H20N4O2. The molecule has 0 aromatic heterocycles. The predicted molar refractivity (Wildman–Crippen MR) is 76.6 cm³/mol. The number of hydrogen-bond acceptors (Lipinski definition) is 5. The molecule has 2 aliphatic heterocycles. The van der Waals surface area contributed by atoms with E-state index in [0.717, 1.165) is 44.8 Å². The molecule has 108 valence electrons. The summed E-state index contributed by atoms with van der Waals surface area (Å²) in [6.45, 7) is 7.09. The highest BCUT2D eigenvalue weighted by Crippen LogP contribution is 2.23. The van der Waals surface area contributed by atoms with Gasteiger partial charge >= 0.3 is 0 Å². The fraction of sp³-hybridized carbons (Fsp3) is 0.571. The topological polar surface area (TPSA) is 61.7 Å². The van der Waals surface area contributed by atoms with Crippen molar-refractivity contribution < 1.29 is 4.92 Å². The van der Waals surface area contributed by atoms with Crippen molar-refractivity contribution in [2.75, 3.05) is 39.3 Å². The van der Waals surface area contributed by atoms with E-state index in [1.165, 1.54) is 0 Å². The van der Waals surface area contributed by atoms with Crippen molar-refractivity contribution >= 4 is 5.69 Å². The Hall–Kier alpha value is -1.50. The lowest BCUT2D eigenvalue weighted by Crippen LogP contribution is -2.62. The van der Waals surface area contributed by atoms with Crippen LogP contribution < -0.4 is 5.32 Å². The van der Waals surface area contributed by atoms with Crippen LogP contribution in [-0.2, 0) is 6.54 Å². The minimum atomic E-state index is -0.289. The molecule has 0 atom stereocenters. The SMILES string of the molecule is O=[N+]([O-])c1ccccc1CN1CC(N2CCNCC2)C1. The van der Waals surface area contributed by atoms with E-state index in [2.05, 4.69) is 15.1 Å². The summed E-state index contributed by atoms with van der Waals surface area (Å²) in [5.74, 6) is 0. The molecule has 6 nitrogen and oxygen atoms in total. The van der Waals surface area contributed by atoms with Crippen LogP contribution in [0.3, 0.4) is 0 Å². The number of para-hydroxylation sites is 1. The summed E-state index contributed by atoms with van der Waals surface area (Å²) in [5, 5.41) is 14.4. The molecule has 6 heteroatoms. The first kappa shape index (κ1) is 13.5. The highest BCUT2D eigenvalue weighted by Gasteiger charge is 2.32. The Labute approximate surface area is 118 Å². The molecule has 2 aliphatic rings. The molecule has 0 unspecified atom stereocenters. The zero-order valence-corrected chi connectivity index (χ0v) is 11.5. The van der Waals surface area contributed by atoms with E-state index >= 15 is 0 Å². The maximum atomic E-state index is 11.0. The van der Waals surface area contributed by atoms with Gasteiger partial charge in [0.1, 0.15) is 0 Å². The van der Waals surface area contributed by atoms with Crippen LogP contribution in [0.5, 0.6) is 0 Å². The highest BCUT2D eigenvalue weighted by atomic mass is 16.6. The van der Waals surface area contributed by atoms with Crippen LogP contribution in [0.15, 0.2) is 24.3 Å². The smallest absolute Gasteiger partial charge is 0.273 e. The number of piperazine rings is 1. The Bertz CT molecular complexity index is 482. The third-order valence-corrected chi connectivity index (χ3v) is 4.19. The van der Waals surface area contributed by atoms with Gasteiger partial charge in [0, 0.05) is 63.5 Å². The van der Waals surface area contributed by atoms with Gasteiger partial charge < -0.3 is 5.32 Å². The number of nitro benzene ring substituents is 1. The van der Waals surface area contributed by atoms with Gasteiger partial charge in [-0.25, -0.2) is 0 Å². The van der Waals surface area contributed by atoms with Crippen molar-refractivity contribution in [1.29, 1.82) is 0 Å². The second-order valence-electron chi connectivity index (χ2n) is 5.52. The first-order chi connectivity index (χ1) is 9.74. The second kappa shape index (κ2) is 5.87. The number of rotatable bonds is 4. The minimum Gasteiger partial charge on any atom is -0.314 e. The molecular weight excluding hydrogens is 256 g/mol. The summed E-state index contributed by atoms with van der Waals surface area (Å²) in [4.78, 5) is 15.5. The number of likely N-dealkylation sites (tertiary alicyclic amines) is 1. The van der Waals surface area contributed by atoms with Crippen molar-refractivity contribution in [2.45, 2.75) is 12.6 Å². The van der Waals surface area contributed by atoms with Crippen molar-refractivity contribution in [2.24, 2.45) is 0 Å². The number of benzene rings is 1. The summed E-state index contributed by atoms with van der Waals surface area (Å²) >= 11 is 0. The van der Waals surface area contributed by atoms with E-state index in [0.29, 0.717) is 12.6 Å². The molecule has 0 aliphatic carbocycles. The monoisotopic (exact) mass is 276 g/mol. The maximum absolute atomic E-state index is 11.0. The molecule has 20 heavy (non-hydrogen) atoms. The van der Waals surface area contributed by atoms with E-state index in [9.17, 15) is 10.1 Å². The number of nitrogens with one attached hydrogen (secondary N) is 1. The fourth-order valence-corrected chi connectivity index (χ4v) is 3.01. The standard InChI is InChI=1S/C14H20N4O2/c19-18(20)14-4-2-1-3-12(14)9-16-10-13(11-16)17-7-5-15-6-8-17/h1-4,13,15H,5-11H2. The van der Waals surface area contributed by atoms with Gasteiger partial charge in [-0.2, -0.15) is 0 Å². The average Bonchev–Trinajstić information content (AvgIpc) is 2.43.